The summed E-state index contributed by atoms with van der Waals surface area (Å²) in [5.41, 5.74) is 18.3. The zero-order valence-electron chi connectivity index (χ0n) is 61.3. The fraction of sp³-hybridized carbons (Fsp3) is 0.408. The number of nitrogen functional groups attached to an aromatic ring is 1. The van der Waals surface area contributed by atoms with Crippen molar-refractivity contribution in [1.82, 2.24) is 74.1 Å². The molecule has 4 aromatic rings. The zero-order chi connectivity index (χ0) is 84.8. The summed E-state index contributed by atoms with van der Waals surface area (Å²) in [5, 5.41) is 78.3. The number of aliphatic hydroxyl groups excluding tert-OH is 1. The van der Waals surface area contributed by atoms with Gasteiger partial charge in [-0.1, -0.05) is 43.2 Å². The Morgan fingerprint density at radius 1 is 0.579 bits per heavy atom. The van der Waals surface area contributed by atoms with Gasteiger partial charge in [-0.3, -0.25) is 91.1 Å². The molecule has 1 aliphatic heterocycles. The first kappa shape index (κ1) is 90.7. The second-order valence-electron chi connectivity index (χ2n) is 26.0. The average Bonchev–Trinajstić information content (AvgIpc) is 1.54. The van der Waals surface area contributed by atoms with E-state index >= 15 is 0 Å². The molecule has 13 atom stereocenters. The number of fused-ring (bicyclic) bond motifs is 1. The minimum absolute atomic E-state index is 0.00869. The van der Waals surface area contributed by atoms with Crippen molar-refractivity contribution < 1.29 is 126 Å². The lowest BCUT2D eigenvalue weighted by Crippen LogP contribution is -2.62. The van der Waals surface area contributed by atoms with Crippen LogP contribution < -0.4 is 86.3 Å². The second kappa shape index (κ2) is 43.5. The van der Waals surface area contributed by atoms with Crippen molar-refractivity contribution in [3.05, 3.63) is 101 Å². The van der Waals surface area contributed by atoms with Crippen LogP contribution in [0.5, 0.6) is 0 Å². The Kier molecular flexibility index (Phi) is 34.6. The van der Waals surface area contributed by atoms with E-state index in [0.29, 0.717) is 22.0 Å². The van der Waals surface area contributed by atoms with Crippen molar-refractivity contribution in [2.45, 2.75) is 151 Å². The predicted octanol–water partition coefficient (Wildman–Crippen LogP) is -7.47. The number of ketones is 1. The number of primary amides is 1. The first-order valence-corrected chi connectivity index (χ1v) is 34.9. The number of H-pyrrole nitrogens is 1. The highest BCUT2D eigenvalue weighted by molar-refractivity contribution is 6.05. The molecule has 0 saturated carbocycles. The smallest absolute Gasteiger partial charge is 0.329 e. The molecule has 0 unspecified atom stereocenters. The Hall–Kier alpha value is -13.9. The fourth-order valence-electron chi connectivity index (χ4n) is 11.2. The van der Waals surface area contributed by atoms with Gasteiger partial charge in [0.25, 0.3) is 5.91 Å². The van der Waals surface area contributed by atoms with Crippen molar-refractivity contribution in [2.75, 3.05) is 32.0 Å². The molecule has 0 aliphatic carbocycles. The molecule has 0 bridgehead atoms. The number of aliphatic hydroxyl groups is 1. The molecule has 43 heteroatoms. The molecule has 0 radical (unpaired) electrons. The SMILES string of the molecule is C#Cc1ccc(C(=O)N[C@@H](Cc2c[nH]c3ccccc23)C(=O)N[C@@H](CC(N)=O)C(=O)N[C@@H](CC(=O)O)C(=O)N[C@@H]2C(=O)NCC(=O)N[C@@H](CCCN)C(=O)N[C@@H](CC(=O)O)C(=O)N[C@H](C)C(=O)N[C@@H](CC(=O)O)C(=O)NCC(=O)N[C@H](CO)C(=O)N[C@@H]([C@@H](C)CC(=O)O)C(=O)N[C@@H](CC(=O)c3ccccc3N)C(=O)O[C@@H]2C)cc1. The van der Waals surface area contributed by atoms with Crippen LogP contribution in [-0.2, 0) is 97.5 Å². The van der Waals surface area contributed by atoms with Crippen LogP contribution in [-0.4, -0.2) is 248 Å². The van der Waals surface area contributed by atoms with E-state index < -0.39 is 261 Å². The van der Waals surface area contributed by atoms with Gasteiger partial charge in [0, 0.05) is 52.3 Å². The van der Waals surface area contributed by atoms with E-state index in [4.69, 9.17) is 28.4 Å². The minimum atomic E-state index is -2.47. The fourth-order valence-corrected chi connectivity index (χ4v) is 11.2. The summed E-state index contributed by atoms with van der Waals surface area (Å²) in [6.45, 7) is -1.02. The van der Waals surface area contributed by atoms with Gasteiger partial charge >= 0.3 is 29.8 Å². The number of para-hydroxylation sites is 2. The Morgan fingerprint density at radius 3 is 1.71 bits per heavy atom. The number of esters is 1. The number of ether oxygens (including phenoxy) is 1. The van der Waals surface area contributed by atoms with Crippen LogP contribution >= 0.6 is 0 Å². The number of rotatable bonds is 28. The lowest BCUT2D eigenvalue weighted by atomic mass is 9.96. The number of carboxylic acids is 4. The molecule has 612 valence electrons. The molecule has 43 nitrogen and oxygen atoms in total. The largest absolute Gasteiger partial charge is 0.481 e. The highest BCUT2D eigenvalue weighted by Crippen LogP contribution is 2.21. The van der Waals surface area contributed by atoms with Crippen molar-refractivity contribution in [2.24, 2.45) is 17.4 Å². The Labute approximate surface area is 647 Å². The quantitative estimate of drug-likeness (QED) is 0.0109. The number of aromatic nitrogens is 1. The topological polar surface area (TPSA) is 702 Å². The molecule has 5 rings (SSSR count). The molecule has 0 spiro atoms. The van der Waals surface area contributed by atoms with Crippen LogP contribution in [0.2, 0.25) is 0 Å². The summed E-state index contributed by atoms with van der Waals surface area (Å²) >= 11 is 0. The van der Waals surface area contributed by atoms with Crippen molar-refractivity contribution >= 4 is 135 Å². The van der Waals surface area contributed by atoms with Crippen molar-refractivity contribution in [3.8, 4) is 12.3 Å². The maximum Gasteiger partial charge on any atom is 0.329 e. The Bertz CT molecular complexity index is 4370. The van der Waals surface area contributed by atoms with E-state index in [2.05, 4.69) is 64.1 Å². The number of cyclic esters (lactones) is 1. The van der Waals surface area contributed by atoms with Gasteiger partial charge in [-0.2, -0.15) is 0 Å². The van der Waals surface area contributed by atoms with Crippen LogP contribution in [0.15, 0.2) is 79.0 Å². The Morgan fingerprint density at radius 2 is 1.12 bits per heavy atom. The van der Waals surface area contributed by atoms with Crippen molar-refractivity contribution in [1.29, 1.82) is 0 Å². The maximum atomic E-state index is 14.8. The van der Waals surface area contributed by atoms with Gasteiger partial charge in [-0.25, -0.2) is 4.79 Å². The number of hydrogen-bond donors (Lipinski definition) is 22. The number of aromatic amines is 1. The number of benzene rings is 3. The molecular weight excluding hydrogens is 1510 g/mol. The van der Waals surface area contributed by atoms with Gasteiger partial charge in [0.1, 0.15) is 72.6 Å². The number of Topliss-reactive ketones (excluding diaryl/α,β-unsaturated/α-hetero) is 1. The predicted molar refractivity (Wildman–Crippen MR) is 391 cm³/mol. The number of carbonyl (C=O) groups excluding carboxylic acids is 16. The van der Waals surface area contributed by atoms with Crippen LogP contribution in [0.4, 0.5) is 5.69 Å². The number of nitrogens with two attached hydrogens (primary N) is 3. The van der Waals surface area contributed by atoms with Crippen LogP contribution in [0.1, 0.15) is 104 Å². The number of amides is 14. The van der Waals surface area contributed by atoms with Gasteiger partial charge in [-0.15, -0.1) is 6.42 Å². The minimum Gasteiger partial charge on any atom is -0.481 e. The third kappa shape index (κ3) is 28.2. The highest BCUT2D eigenvalue weighted by atomic mass is 16.5. The number of hydrogen-bond acceptors (Lipinski definition) is 24. The van der Waals surface area contributed by atoms with E-state index in [1.807, 2.05) is 16.0 Å². The maximum absolute atomic E-state index is 14.8. The summed E-state index contributed by atoms with van der Waals surface area (Å²) in [7, 11) is 0. The molecule has 3 aromatic carbocycles. The van der Waals surface area contributed by atoms with Gasteiger partial charge < -0.3 is 122 Å². The van der Waals surface area contributed by atoms with Crippen LogP contribution in [0.25, 0.3) is 10.9 Å². The number of nitrogens with one attached hydrogen (secondary N) is 14. The van der Waals surface area contributed by atoms with E-state index in [1.54, 1.807) is 24.3 Å². The van der Waals surface area contributed by atoms with Gasteiger partial charge in [-0.05, 0) is 87.2 Å². The van der Waals surface area contributed by atoms with Gasteiger partial charge in [0.15, 0.2) is 5.78 Å². The number of aliphatic carboxylic acids is 4. The number of anilines is 1. The number of terminal acetylenes is 1. The molecule has 1 aromatic heterocycles. The molecule has 25 N–H and O–H groups in total. The number of carbonyl (C=O) groups is 20. The number of carboxylic acid groups (broad SMARTS) is 4. The molecule has 114 heavy (non-hydrogen) atoms. The third-order valence-corrected chi connectivity index (χ3v) is 17.1. The van der Waals surface area contributed by atoms with Gasteiger partial charge in [0.2, 0.25) is 76.8 Å². The lowest BCUT2D eigenvalue weighted by molar-refractivity contribution is -0.156. The molecule has 1 saturated heterocycles. The average molecular weight is 1590 g/mol. The molecular formula is C71H87N17O26. The molecule has 1 aliphatic rings. The summed E-state index contributed by atoms with van der Waals surface area (Å²) in [5.74, 6) is -28.0. The monoisotopic (exact) mass is 1590 g/mol. The van der Waals surface area contributed by atoms with Crippen LogP contribution in [0, 0.1) is 18.3 Å². The standard InChI is InChI=1S/C71H87N17O26/c1-5-35-16-18-36(19-17-35)61(103)82-43(22-37-28-75-41-14-9-7-11-38(37)41)65(107)83-44(24-51(74)91)66(108)85-47(27-57(100)101)67(109)88-59-34(4)114-71(113)48(23-50(90)39-12-6-8-13-40(39)73)86-70(112)58(32(2)21-54(94)95)87-68(110)49(31-89)80-53(93)29-76-62(104)45(25-55(96)97)81-60(102)33(3)78-64(106)46(26-56(98)99)84-63(105)42(15-10-20-72)79-52(92)30-77-69(59)111/h1,6-9,11-14,16-19,28,32-34,42-49,58-59,75,89H,10,15,20-27,29-31,72-73H2,2-4H3,(H2,74,91)(H,76,104)(H,77,111)(H,78,106)(H,79,92)(H,80,93)(H,81,102)(H,82,103)(H,83,107)(H,84,105)(H,85,108)(H,86,112)(H,87,110)(H,88,109)(H,94,95)(H,96,97)(H,98,99)(H,100,101)/t32-,33+,34+,42-,43-,44-,45-,46-,47-,48-,49+,58-,59-/m0/s1. The van der Waals surface area contributed by atoms with Crippen molar-refractivity contribution in [3.63, 3.8) is 0 Å². The lowest BCUT2D eigenvalue weighted by Gasteiger charge is -2.30. The second-order valence-corrected chi connectivity index (χ2v) is 26.0. The summed E-state index contributed by atoms with van der Waals surface area (Å²) < 4.78 is 5.67. The summed E-state index contributed by atoms with van der Waals surface area (Å²) in [6, 6.07) is -5.45. The van der Waals surface area contributed by atoms with Gasteiger partial charge in [0.05, 0.1) is 51.8 Å². The van der Waals surface area contributed by atoms with E-state index in [1.165, 1.54) is 54.7 Å². The van der Waals surface area contributed by atoms with Crippen LogP contribution in [0.3, 0.4) is 0 Å². The first-order valence-electron chi connectivity index (χ1n) is 34.9. The molecule has 14 amide bonds. The van der Waals surface area contributed by atoms with E-state index in [0.717, 1.165) is 20.8 Å². The van der Waals surface area contributed by atoms with E-state index in [-0.39, 0.29) is 36.2 Å². The summed E-state index contributed by atoms with van der Waals surface area (Å²) in [6.07, 6.45) is -3.10. The first-order chi connectivity index (χ1) is 53.8. The van der Waals surface area contributed by atoms with E-state index in [9.17, 15) is 121 Å². The summed E-state index contributed by atoms with van der Waals surface area (Å²) in [4.78, 5) is 276. The Balaban J connectivity index is 1.61. The highest BCUT2D eigenvalue weighted by Gasteiger charge is 2.41. The molecule has 2 heterocycles. The zero-order valence-corrected chi connectivity index (χ0v) is 61.3. The normalized spacial score (nSPS) is 21.1. The third-order valence-electron chi connectivity index (χ3n) is 17.1. The molecule has 1 fully saturated rings.